The summed E-state index contributed by atoms with van der Waals surface area (Å²) in [5, 5.41) is 0.762. The average molecular weight is 414 g/mol. The van der Waals surface area contributed by atoms with Gasteiger partial charge in [-0.1, -0.05) is 23.2 Å². The molecular weight excluding hydrogens is 397 g/mol. The molecular formula is C18H17Cl2NO4S. The summed E-state index contributed by atoms with van der Waals surface area (Å²) in [6, 6.07) is 9.64. The van der Waals surface area contributed by atoms with Crippen LogP contribution in [0.5, 0.6) is 5.75 Å². The molecule has 0 unspecified atom stereocenters. The summed E-state index contributed by atoms with van der Waals surface area (Å²) in [6.07, 6.45) is 1.75. The molecule has 5 nitrogen and oxygen atoms in total. The molecule has 1 aliphatic heterocycles. The molecule has 1 heterocycles. The zero-order chi connectivity index (χ0) is 19.1. The third-order valence-electron chi connectivity index (χ3n) is 4.17. The number of ether oxygens (including phenoxy) is 1. The number of halogens is 2. The smallest absolute Gasteiger partial charge is 0.232 e. The number of hydrogen-bond acceptors (Lipinski definition) is 4. The fourth-order valence-corrected chi connectivity index (χ4v) is 4.63. The van der Waals surface area contributed by atoms with Crippen LogP contribution < -0.4 is 9.04 Å². The molecule has 1 atom stereocenters. The van der Waals surface area contributed by atoms with Crippen LogP contribution in [-0.4, -0.2) is 33.1 Å². The maximum Gasteiger partial charge on any atom is 0.232 e. The molecule has 1 aliphatic rings. The Bertz CT molecular complexity index is 975. The first-order chi connectivity index (χ1) is 12.2. The molecule has 0 amide bonds. The monoisotopic (exact) mass is 413 g/mol. The van der Waals surface area contributed by atoms with Crippen LogP contribution in [0, 0.1) is 0 Å². The molecule has 26 heavy (non-hydrogen) atoms. The highest BCUT2D eigenvalue weighted by Crippen LogP contribution is 2.35. The van der Waals surface area contributed by atoms with Crippen molar-refractivity contribution in [1.82, 2.24) is 0 Å². The zero-order valence-electron chi connectivity index (χ0n) is 14.2. The van der Waals surface area contributed by atoms with Crippen LogP contribution in [0.2, 0.25) is 10.0 Å². The topological polar surface area (TPSA) is 63.7 Å². The Hall–Kier alpha value is -1.76. The van der Waals surface area contributed by atoms with Gasteiger partial charge < -0.3 is 4.74 Å². The first-order valence-electron chi connectivity index (χ1n) is 7.90. The number of rotatable bonds is 5. The van der Waals surface area contributed by atoms with Gasteiger partial charge in [0.05, 0.1) is 22.0 Å². The summed E-state index contributed by atoms with van der Waals surface area (Å²) in [7, 11) is -3.35. The number of carbonyl (C=O) groups is 1. The van der Waals surface area contributed by atoms with Crippen LogP contribution in [0.15, 0.2) is 36.4 Å². The standard InChI is InChI=1S/C18H17Cl2NO4S/c1-11-7-13-8-12(3-6-17(13)21(11)26(2,23)24)18(22)10-25-14-4-5-15(19)16(20)9-14/h3-6,8-9,11H,7,10H2,1-2H3/t11-/m1/s1. The van der Waals surface area contributed by atoms with Crippen molar-refractivity contribution in [1.29, 1.82) is 0 Å². The molecule has 0 radical (unpaired) electrons. The summed E-state index contributed by atoms with van der Waals surface area (Å²) < 4.78 is 30.8. The number of sulfonamides is 1. The lowest BCUT2D eigenvalue weighted by Crippen LogP contribution is -2.34. The summed E-state index contributed by atoms with van der Waals surface area (Å²) in [5.41, 5.74) is 1.94. The predicted molar refractivity (Wildman–Crippen MR) is 103 cm³/mol. The molecule has 138 valence electrons. The Morgan fingerprint density at radius 1 is 1.19 bits per heavy atom. The number of carbonyl (C=O) groups excluding carboxylic acids is 1. The van der Waals surface area contributed by atoms with Crippen molar-refractivity contribution in [2.24, 2.45) is 0 Å². The molecule has 0 bridgehead atoms. The van der Waals surface area contributed by atoms with Gasteiger partial charge in [-0.25, -0.2) is 8.42 Å². The van der Waals surface area contributed by atoms with Gasteiger partial charge in [0.2, 0.25) is 10.0 Å². The lowest BCUT2D eigenvalue weighted by atomic mass is 10.0. The normalized spacial score (nSPS) is 16.5. The predicted octanol–water partition coefficient (Wildman–Crippen LogP) is 3.97. The lowest BCUT2D eigenvalue weighted by Gasteiger charge is -2.21. The van der Waals surface area contributed by atoms with Crippen molar-refractivity contribution >= 4 is 44.7 Å². The van der Waals surface area contributed by atoms with E-state index in [0.29, 0.717) is 33.5 Å². The van der Waals surface area contributed by atoms with Gasteiger partial charge in [-0.3, -0.25) is 9.10 Å². The minimum atomic E-state index is -3.35. The van der Waals surface area contributed by atoms with E-state index in [1.54, 1.807) is 36.4 Å². The number of fused-ring (bicyclic) bond motifs is 1. The van der Waals surface area contributed by atoms with E-state index in [9.17, 15) is 13.2 Å². The average Bonchev–Trinajstić information content (AvgIpc) is 2.90. The molecule has 0 saturated carbocycles. The van der Waals surface area contributed by atoms with Gasteiger partial charge in [0.1, 0.15) is 5.75 Å². The Kier molecular flexibility index (Phi) is 5.19. The number of ketones is 1. The van der Waals surface area contributed by atoms with E-state index < -0.39 is 10.0 Å². The SMILES string of the molecule is C[C@@H]1Cc2cc(C(=O)COc3ccc(Cl)c(Cl)c3)ccc2N1S(C)(=O)=O. The highest BCUT2D eigenvalue weighted by atomic mass is 35.5. The number of nitrogens with zero attached hydrogens (tertiary/aromatic N) is 1. The number of benzene rings is 2. The van der Waals surface area contributed by atoms with Gasteiger partial charge in [0.15, 0.2) is 12.4 Å². The summed E-state index contributed by atoms with van der Waals surface area (Å²) >= 11 is 11.8. The molecule has 0 spiro atoms. The molecule has 2 aromatic carbocycles. The minimum Gasteiger partial charge on any atom is -0.485 e. The van der Waals surface area contributed by atoms with E-state index in [-0.39, 0.29) is 18.4 Å². The van der Waals surface area contributed by atoms with Gasteiger partial charge in [-0.15, -0.1) is 0 Å². The number of Topliss-reactive ketones (excluding diaryl/α,β-unsaturated/α-hetero) is 1. The first-order valence-corrected chi connectivity index (χ1v) is 10.5. The highest BCUT2D eigenvalue weighted by molar-refractivity contribution is 7.92. The second kappa shape index (κ2) is 7.10. The summed E-state index contributed by atoms with van der Waals surface area (Å²) in [6.45, 7) is 1.69. The summed E-state index contributed by atoms with van der Waals surface area (Å²) in [5.74, 6) is 0.245. The maximum atomic E-state index is 12.4. The van der Waals surface area contributed by atoms with E-state index in [1.165, 1.54) is 10.6 Å². The van der Waals surface area contributed by atoms with Gasteiger partial charge in [0.25, 0.3) is 0 Å². The van der Waals surface area contributed by atoms with Gasteiger partial charge in [-0.2, -0.15) is 0 Å². The van der Waals surface area contributed by atoms with Gasteiger partial charge in [-0.05, 0) is 49.2 Å². The Labute approximate surface area is 162 Å². The van der Waals surface area contributed by atoms with E-state index in [0.717, 1.165) is 5.56 Å². The minimum absolute atomic E-state index is 0.151. The second-order valence-electron chi connectivity index (χ2n) is 6.24. The van der Waals surface area contributed by atoms with Crippen LogP contribution in [0.3, 0.4) is 0 Å². The fourth-order valence-electron chi connectivity index (χ4n) is 3.08. The van der Waals surface area contributed by atoms with Gasteiger partial charge >= 0.3 is 0 Å². The van der Waals surface area contributed by atoms with Gasteiger partial charge in [0, 0.05) is 17.7 Å². The Morgan fingerprint density at radius 2 is 1.92 bits per heavy atom. The fraction of sp³-hybridized carbons (Fsp3) is 0.278. The van der Waals surface area contributed by atoms with E-state index >= 15 is 0 Å². The third kappa shape index (κ3) is 3.82. The lowest BCUT2D eigenvalue weighted by molar-refractivity contribution is 0.0921. The van der Waals surface area contributed by atoms with E-state index in [2.05, 4.69) is 0 Å². The first kappa shape index (κ1) is 19.0. The third-order valence-corrected chi connectivity index (χ3v) is 6.18. The van der Waals surface area contributed by atoms with Crippen LogP contribution in [-0.2, 0) is 16.4 Å². The molecule has 0 aliphatic carbocycles. The summed E-state index contributed by atoms with van der Waals surface area (Å²) in [4.78, 5) is 12.4. The zero-order valence-corrected chi connectivity index (χ0v) is 16.5. The molecule has 0 saturated heterocycles. The van der Waals surface area contributed by atoms with Crippen LogP contribution >= 0.6 is 23.2 Å². The Morgan fingerprint density at radius 3 is 2.58 bits per heavy atom. The maximum absolute atomic E-state index is 12.4. The van der Waals surface area contributed by atoms with Crippen LogP contribution in [0.25, 0.3) is 0 Å². The molecule has 0 fully saturated rings. The van der Waals surface area contributed by atoms with Crippen molar-refractivity contribution in [2.45, 2.75) is 19.4 Å². The van der Waals surface area contributed by atoms with Crippen molar-refractivity contribution in [2.75, 3.05) is 17.2 Å². The molecule has 0 N–H and O–H groups in total. The van der Waals surface area contributed by atoms with Crippen molar-refractivity contribution in [3.63, 3.8) is 0 Å². The van der Waals surface area contributed by atoms with Crippen LogP contribution in [0.4, 0.5) is 5.69 Å². The molecule has 8 heteroatoms. The quantitative estimate of drug-likeness (QED) is 0.695. The van der Waals surface area contributed by atoms with E-state index in [1.807, 2.05) is 6.92 Å². The second-order valence-corrected chi connectivity index (χ2v) is 8.92. The Balaban J connectivity index is 1.75. The highest BCUT2D eigenvalue weighted by Gasteiger charge is 2.32. The number of hydrogen-bond donors (Lipinski definition) is 0. The van der Waals surface area contributed by atoms with Crippen molar-refractivity contribution < 1.29 is 17.9 Å². The number of anilines is 1. The molecule has 2 aromatic rings. The van der Waals surface area contributed by atoms with Crippen molar-refractivity contribution in [3.8, 4) is 5.75 Å². The van der Waals surface area contributed by atoms with E-state index in [4.69, 9.17) is 27.9 Å². The molecule has 3 rings (SSSR count). The largest absolute Gasteiger partial charge is 0.485 e. The van der Waals surface area contributed by atoms with Crippen molar-refractivity contribution in [3.05, 3.63) is 57.6 Å². The van der Waals surface area contributed by atoms with Crippen LogP contribution in [0.1, 0.15) is 22.8 Å². The molecule has 0 aromatic heterocycles.